The van der Waals surface area contributed by atoms with Gasteiger partial charge in [0.25, 0.3) is 5.91 Å². The predicted molar refractivity (Wildman–Crippen MR) is 62.9 cm³/mol. The Hall–Kier alpha value is -1.32. The number of nitrogens with one attached hydrogen (secondary N) is 1. The minimum Gasteiger partial charge on any atom is -0.452 e. The van der Waals surface area contributed by atoms with Crippen LogP contribution in [-0.4, -0.2) is 25.0 Å². The van der Waals surface area contributed by atoms with Gasteiger partial charge < -0.3 is 10.1 Å². The van der Waals surface area contributed by atoms with Crippen LogP contribution in [-0.2, 0) is 14.3 Å². The van der Waals surface area contributed by atoms with Crippen molar-refractivity contribution in [2.24, 2.45) is 0 Å². The first kappa shape index (κ1) is 14.7. The summed E-state index contributed by atoms with van der Waals surface area (Å²) in [6, 6.07) is 0. The molecule has 1 amide bonds. The van der Waals surface area contributed by atoms with Gasteiger partial charge in [0.2, 0.25) is 0 Å². The molecule has 16 heavy (non-hydrogen) atoms. The van der Waals surface area contributed by atoms with E-state index in [9.17, 15) is 9.59 Å². The molecular formula is C12H21NO3. The number of carbonyl (C=O) groups is 2. The van der Waals surface area contributed by atoms with Crippen LogP contribution in [0.5, 0.6) is 0 Å². The topological polar surface area (TPSA) is 55.4 Å². The molecule has 0 radical (unpaired) electrons. The standard InChI is InChI=1S/C12H21NO3/c1-4-5-6-7-8-13-11(14)9-16-12(15)10(2)3/h2,4-9H2,1,3H3,(H,13,14). The summed E-state index contributed by atoms with van der Waals surface area (Å²) < 4.78 is 4.69. The molecule has 0 saturated carbocycles. The zero-order valence-electron chi connectivity index (χ0n) is 10.2. The molecule has 0 bridgehead atoms. The maximum absolute atomic E-state index is 11.2. The summed E-state index contributed by atoms with van der Waals surface area (Å²) in [5, 5.41) is 2.69. The SMILES string of the molecule is C=C(C)C(=O)OCC(=O)NCCCCCC. The monoisotopic (exact) mass is 227 g/mol. The van der Waals surface area contributed by atoms with Crippen molar-refractivity contribution in [3.8, 4) is 0 Å². The number of unbranched alkanes of at least 4 members (excludes halogenated alkanes) is 3. The molecule has 0 fully saturated rings. The van der Waals surface area contributed by atoms with E-state index in [-0.39, 0.29) is 12.5 Å². The summed E-state index contributed by atoms with van der Waals surface area (Å²) >= 11 is 0. The van der Waals surface area contributed by atoms with Crippen molar-refractivity contribution in [3.63, 3.8) is 0 Å². The second-order valence-corrected chi connectivity index (χ2v) is 3.77. The summed E-state index contributed by atoms with van der Waals surface area (Å²) in [4.78, 5) is 22.1. The average Bonchev–Trinajstić information content (AvgIpc) is 2.25. The molecule has 0 aromatic rings. The first-order valence-corrected chi connectivity index (χ1v) is 5.67. The molecule has 0 atom stereocenters. The molecule has 0 rings (SSSR count). The number of esters is 1. The van der Waals surface area contributed by atoms with E-state index in [0.717, 1.165) is 12.8 Å². The van der Waals surface area contributed by atoms with Gasteiger partial charge in [-0.15, -0.1) is 0 Å². The van der Waals surface area contributed by atoms with Gasteiger partial charge in [0, 0.05) is 12.1 Å². The molecule has 92 valence electrons. The van der Waals surface area contributed by atoms with Gasteiger partial charge in [0.05, 0.1) is 0 Å². The van der Waals surface area contributed by atoms with E-state index < -0.39 is 5.97 Å². The first-order chi connectivity index (χ1) is 7.57. The van der Waals surface area contributed by atoms with Gasteiger partial charge in [-0.3, -0.25) is 4.79 Å². The lowest BCUT2D eigenvalue weighted by Gasteiger charge is -2.05. The van der Waals surface area contributed by atoms with Crippen LogP contribution >= 0.6 is 0 Å². The van der Waals surface area contributed by atoms with Crippen molar-refractivity contribution in [2.75, 3.05) is 13.2 Å². The van der Waals surface area contributed by atoms with E-state index >= 15 is 0 Å². The molecule has 4 nitrogen and oxygen atoms in total. The summed E-state index contributed by atoms with van der Waals surface area (Å²) in [6.07, 6.45) is 4.43. The van der Waals surface area contributed by atoms with Gasteiger partial charge in [0.1, 0.15) is 0 Å². The molecule has 0 unspecified atom stereocenters. The van der Waals surface area contributed by atoms with Gasteiger partial charge in [-0.1, -0.05) is 32.8 Å². The van der Waals surface area contributed by atoms with Crippen LogP contribution < -0.4 is 5.32 Å². The molecule has 0 aromatic heterocycles. The fourth-order valence-corrected chi connectivity index (χ4v) is 1.08. The van der Waals surface area contributed by atoms with Gasteiger partial charge in [0.15, 0.2) is 6.61 Å². The Kier molecular flexibility index (Phi) is 8.21. The quantitative estimate of drug-likeness (QED) is 0.391. The van der Waals surface area contributed by atoms with Crippen LogP contribution in [0.15, 0.2) is 12.2 Å². The minimum atomic E-state index is -0.527. The second-order valence-electron chi connectivity index (χ2n) is 3.77. The zero-order valence-corrected chi connectivity index (χ0v) is 10.2. The van der Waals surface area contributed by atoms with E-state index in [2.05, 4.69) is 18.8 Å². The lowest BCUT2D eigenvalue weighted by atomic mass is 10.2. The zero-order chi connectivity index (χ0) is 12.4. The van der Waals surface area contributed by atoms with Gasteiger partial charge in [-0.25, -0.2) is 4.79 Å². The van der Waals surface area contributed by atoms with E-state index in [1.807, 2.05) is 0 Å². The fourth-order valence-electron chi connectivity index (χ4n) is 1.08. The van der Waals surface area contributed by atoms with E-state index in [1.54, 1.807) is 6.92 Å². The Bertz CT molecular complexity index is 249. The molecule has 4 heteroatoms. The molecule has 0 saturated heterocycles. The van der Waals surface area contributed by atoms with Crippen molar-refractivity contribution >= 4 is 11.9 Å². The van der Waals surface area contributed by atoms with Crippen LogP contribution in [0.1, 0.15) is 39.5 Å². The second kappa shape index (κ2) is 8.95. The lowest BCUT2D eigenvalue weighted by molar-refractivity contribution is -0.144. The maximum Gasteiger partial charge on any atom is 0.333 e. The van der Waals surface area contributed by atoms with Crippen LogP contribution in [0.2, 0.25) is 0 Å². The summed E-state index contributed by atoms with van der Waals surface area (Å²) in [7, 11) is 0. The van der Waals surface area contributed by atoms with Crippen molar-refractivity contribution in [3.05, 3.63) is 12.2 Å². The van der Waals surface area contributed by atoms with E-state index in [4.69, 9.17) is 4.74 Å². The molecule has 0 spiro atoms. The summed E-state index contributed by atoms with van der Waals surface area (Å²) in [5.41, 5.74) is 0.302. The molecular weight excluding hydrogens is 206 g/mol. The summed E-state index contributed by atoms with van der Waals surface area (Å²) in [5.74, 6) is -0.785. The van der Waals surface area contributed by atoms with Crippen LogP contribution in [0, 0.1) is 0 Å². The maximum atomic E-state index is 11.2. The van der Waals surface area contributed by atoms with Crippen molar-refractivity contribution in [1.82, 2.24) is 5.32 Å². The third-order valence-electron chi connectivity index (χ3n) is 2.04. The first-order valence-electron chi connectivity index (χ1n) is 5.67. The van der Waals surface area contributed by atoms with Crippen molar-refractivity contribution < 1.29 is 14.3 Å². The highest BCUT2D eigenvalue weighted by Gasteiger charge is 2.06. The van der Waals surface area contributed by atoms with Gasteiger partial charge in [-0.05, 0) is 13.3 Å². The normalized spacial score (nSPS) is 9.62. The Morgan fingerprint density at radius 1 is 1.25 bits per heavy atom. The smallest absolute Gasteiger partial charge is 0.333 e. The average molecular weight is 227 g/mol. The minimum absolute atomic E-state index is 0.223. The fraction of sp³-hybridized carbons (Fsp3) is 0.667. The predicted octanol–water partition coefficient (Wildman–Crippen LogP) is 1.80. The number of rotatable bonds is 8. The van der Waals surface area contributed by atoms with E-state index in [0.29, 0.717) is 12.1 Å². The molecule has 1 N–H and O–H groups in total. The van der Waals surface area contributed by atoms with E-state index in [1.165, 1.54) is 12.8 Å². The highest BCUT2D eigenvalue weighted by Crippen LogP contribution is 1.97. The number of hydrogen-bond donors (Lipinski definition) is 1. The Morgan fingerprint density at radius 3 is 2.50 bits per heavy atom. The molecule has 0 aliphatic heterocycles. The van der Waals surface area contributed by atoms with Crippen molar-refractivity contribution in [1.29, 1.82) is 0 Å². The molecule has 0 aliphatic carbocycles. The number of amides is 1. The Labute approximate surface area is 97.1 Å². The number of ether oxygens (including phenoxy) is 1. The lowest BCUT2D eigenvalue weighted by Crippen LogP contribution is -2.29. The van der Waals surface area contributed by atoms with Crippen LogP contribution in [0.3, 0.4) is 0 Å². The number of carbonyl (C=O) groups excluding carboxylic acids is 2. The third kappa shape index (κ3) is 8.03. The van der Waals surface area contributed by atoms with Crippen molar-refractivity contribution in [2.45, 2.75) is 39.5 Å². The Balaban J connectivity index is 3.45. The van der Waals surface area contributed by atoms with Gasteiger partial charge >= 0.3 is 5.97 Å². The largest absolute Gasteiger partial charge is 0.452 e. The third-order valence-corrected chi connectivity index (χ3v) is 2.04. The molecule has 0 heterocycles. The molecule has 0 aromatic carbocycles. The number of hydrogen-bond acceptors (Lipinski definition) is 3. The highest BCUT2D eigenvalue weighted by molar-refractivity contribution is 5.89. The molecule has 0 aliphatic rings. The Morgan fingerprint density at radius 2 is 1.94 bits per heavy atom. The van der Waals surface area contributed by atoms with Crippen LogP contribution in [0.4, 0.5) is 0 Å². The highest BCUT2D eigenvalue weighted by atomic mass is 16.5. The van der Waals surface area contributed by atoms with Gasteiger partial charge in [-0.2, -0.15) is 0 Å². The summed E-state index contributed by atoms with van der Waals surface area (Å²) in [6.45, 7) is 7.52. The van der Waals surface area contributed by atoms with Crippen LogP contribution in [0.25, 0.3) is 0 Å².